The van der Waals surface area contributed by atoms with E-state index in [9.17, 15) is 8.42 Å². The first-order valence-electron chi connectivity index (χ1n) is 7.28. The molecular formula is C17H21NO3S. The van der Waals surface area contributed by atoms with Crippen LogP contribution in [0.1, 0.15) is 32.3 Å². The van der Waals surface area contributed by atoms with Gasteiger partial charge in [-0.1, -0.05) is 26.0 Å². The highest BCUT2D eigenvalue weighted by atomic mass is 32.2. The molecule has 0 radical (unpaired) electrons. The van der Waals surface area contributed by atoms with Crippen LogP contribution in [0.15, 0.2) is 53.4 Å². The lowest BCUT2D eigenvalue weighted by Crippen LogP contribution is -2.13. The Labute approximate surface area is 132 Å². The van der Waals surface area contributed by atoms with E-state index >= 15 is 0 Å². The molecule has 0 fully saturated rings. The van der Waals surface area contributed by atoms with Crippen molar-refractivity contribution < 1.29 is 13.2 Å². The van der Waals surface area contributed by atoms with Crippen LogP contribution in [0.25, 0.3) is 0 Å². The van der Waals surface area contributed by atoms with Gasteiger partial charge >= 0.3 is 0 Å². The van der Waals surface area contributed by atoms with Crippen molar-refractivity contribution in [2.45, 2.75) is 31.6 Å². The molecule has 0 atom stereocenters. The van der Waals surface area contributed by atoms with E-state index in [1.807, 2.05) is 25.1 Å². The second-order valence-corrected chi connectivity index (χ2v) is 6.97. The second kappa shape index (κ2) is 6.83. The Morgan fingerprint density at radius 1 is 1.09 bits per heavy atom. The van der Waals surface area contributed by atoms with Gasteiger partial charge in [0, 0.05) is 5.69 Å². The molecule has 0 saturated carbocycles. The molecule has 5 heteroatoms. The molecule has 0 aliphatic rings. The van der Waals surface area contributed by atoms with Gasteiger partial charge < -0.3 is 4.74 Å². The SMILES string of the molecule is CCOc1ccc(S(=O)(=O)Nc2cccc(C(C)C)c2)cc1. The molecule has 2 aromatic rings. The number of nitrogens with one attached hydrogen (secondary N) is 1. The first-order valence-corrected chi connectivity index (χ1v) is 8.76. The van der Waals surface area contributed by atoms with Gasteiger partial charge in [0.1, 0.15) is 5.75 Å². The van der Waals surface area contributed by atoms with Crippen LogP contribution < -0.4 is 9.46 Å². The van der Waals surface area contributed by atoms with Crippen molar-refractivity contribution in [3.8, 4) is 5.75 Å². The number of hydrogen-bond donors (Lipinski definition) is 1. The average Bonchev–Trinajstić information content (AvgIpc) is 2.48. The summed E-state index contributed by atoms with van der Waals surface area (Å²) < 4.78 is 32.7. The van der Waals surface area contributed by atoms with Crippen LogP contribution in [0.4, 0.5) is 5.69 Å². The maximum Gasteiger partial charge on any atom is 0.261 e. The summed E-state index contributed by atoms with van der Waals surface area (Å²) in [7, 11) is -3.59. The lowest BCUT2D eigenvalue weighted by atomic mass is 10.0. The molecular weight excluding hydrogens is 298 g/mol. The largest absolute Gasteiger partial charge is 0.494 e. The first kappa shape index (κ1) is 16.4. The van der Waals surface area contributed by atoms with Crippen molar-refractivity contribution in [3.05, 3.63) is 54.1 Å². The van der Waals surface area contributed by atoms with E-state index in [0.717, 1.165) is 5.56 Å². The molecule has 0 unspecified atom stereocenters. The summed E-state index contributed by atoms with van der Waals surface area (Å²) in [5, 5.41) is 0. The summed E-state index contributed by atoms with van der Waals surface area (Å²) in [6.45, 7) is 6.57. The monoisotopic (exact) mass is 319 g/mol. The molecule has 22 heavy (non-hydrogen) atoms. The minimum Gasteiger partial charge on any atom is -0.494 e. The van der Waals surface area contributed by atoms with Gasteiger partial charge in [-0.15, -0.1) is 0 Å². The predicted molar refractivity (Wildman–Crippen MR) is 89.0 cm³/mol. The van der Waals surface area contributed by atoms with Crippen LogP contribution >= 0.6 is 0 Å². The van der Waals surface area contributed by atoms with Crippen LogP contribution in [0.3, 0.4) is 0 Å². The zero-order valence-electron chi connectivity index (χ0n) is 13.0. The third-order valence-corrected chi connectivity index (χ3v) is 4.65. The summed E-state index contributed by atoms with van der Waals surface area (Å²) in [6, 6.07) is 13.8. The van der Waals surface area contributed by atoms with E-state index in [1.165, 1.54) is 0 Å². The number of hydrogen-bond acceptors (Lipinski definition) is 3. The maximum atomic E-state index is 12.4. The molecule has 0 spiro atoms. The molecule has 0 saturated heterocycles. The summed E-state index contributed by atoms with van der Waals surface area (Å²) in [4.78, 5) is 0.214. The normalized spacial score (nSPS) is 11.5. The summed E-state index contributed by atoms with van der Waals surface area (Å²) in [6.07, 6.45) is 0. The Morgan fingerprint density at radius 2 is 1.77 bits per heavy atom. The maximum absolute atomic E-state index is 12.4. The number of anilines is 1. The standard InChI is InChI=1S/C17H21NO3S/c1-4-21-16-8-10-17(11-9-16)22(19,20)18-15-7-5-6-14(12-15)13(2)3/h5-13,18H,4H2,1-3H3. The molecule has 0 aliphatic carbocycles. The average molecular weight is 319 g/mol. The van der Waals surface area contributed by atoms with E-state index < -0.39 is 10.0 Å². The van der Waals surface area contributed by atoms with Crippen molar-refractivity contribution in [1.29, 1.82) is 0 Å². The van der Waals surface area contributed by atoms with Crippen molar-refractivity contribution >= 4 is 15.7 Å². The number of sulfonamides is 1. The van der Waals surface area contributed by atoms with Gasteiger partial charge in [0.25, 0.3) is 10.0 Å². The number of rotatable bonds is 6. The zero-order valence-corrected chi connectivity index (χ0v) is 13.9. The molecule has 0 heterocycles. The Bertz CT molecular complexity index is 722. The summed E-state index contributed by atoms with van der Waals surface area (Å²) in [5.41, 5.74) is 1.66. The van der Waals surface area contributed by atoms with Crippen LogP contribution in [-0.4, -0.2) is 15.0 Å². The highest BCUT2D eigenvalue weighted by molar-refractivity contribution is 7.92. The van der Waals surface area contributed by atoms with Crippen molar-refractivity contribution in [2.75, 3.05) is 11.3 Å². The quantitative estimate of drug-likeness (QED) is 0.875. The molecule has 0 bridgehead atoms. The molecule has 4 nitrogen and oxygen atoms in total. The highest BCUT2D eigenvalue weighted by Crippen LogP contribution is 2.22. The molecule has 0 aromatic heterocycles. The number of benzene rings is 2. The third kappa shape index (κ3) is 4.01. The molecule has 0 amide bonds. The van der Waals surface area contributed by atoms with E-state index in [0.29, 0.717) is 24.0 Å². The van der Waals surface area contributed by atoms with E-state index in [4.69, 9.17) is 4.74 Å². The summed E-state index contributed by atoms with van der Waals surface area (Å²) in [5.74, 6) is 0.998. The topological polar surface area (TPSA) is 55.4 Å². The fourth-order valence-corrected chi connectivity index (χ4v) is 3.11. The van der Waals surface area contributed by atoms with Gasteiger partial charge in [-0.2, -0.15) is 0 Å². The minimum absolute atomic E-state index is 0.214. The fraction of sp³-hybridized carbons (Fsp3) is 0.294. The van der Waals surface area contributed by atoms with Crippen molar-refractivity contribution in [3.63, 3.8) is 0 Å². The van der Waals surface area contributed by atoms with E-state index in [1.54, 1.807) is 30.3 Å². The van der Waals surface area contributed by atoms with Gasteiger partial charge in [-0.3, -0.25) is 4.72 Å². The van der Waals surface area contributed by atoms with E-state index in [-0.39, 0.29) is 4.90 Å². The van der Waals surface area contributed by atoms with Crippen LogP contribution in [0, 0.1) is 0 Å². The van der Waals surface area contributed by atoms with Crippen molar-refractivity contribution in [2.24, 2.45) is 0 Å². The smallest absolute Gasteiger partial charge is 0.261 e. The third-order valence-electron chi connectivity index (χ3n) is 3.25. The lowest BCUT2D eigenvalue weighted by Gasteiger charge is -2.11. The number of ether oxygens (including phenoxy) is 1. The second-order valence-electron chi connectivity index (χ2n) is 5.29. The molecule has 2 aromatic carbocycles. The molecule has 2 rings (SSSR count). The van der Waals surface area contributed by atoms with Gasteiger partial charge in [0.05, 0.1) is 11.5 Å². The highest BCUT2D eigenvalue weighted by Gasteiger charge is 2.14. The fourth-order valence-electron chi connectivity index (χ4n) is 2.06. The lowest BCUT2D eigenvalue weighted by molar-refractivity contribution is 0.340. The Hall–Kier alpha value is -2.01. The molecule has 118 valence electrons. The van der Waals surface area contributed by atoms with Crippen LogP contribution in [-0.2, 0) is 10.0 Å². The van der Waals surface area contributed by atoms with Crippen LogP contribution in [0.2, 0.25) is 0 Å². The van der Waals surface area contributed by atoms with Gasteiger partial charge in [-0.25, -0.2) is 8.42 Å². The molecule has 1 N–H and O–H groups in total. The van der Waals surface area contributed by atoms with Gasteiger partial charge in [0.2, 0.25) is 0 Å². The Morgan fingerprint density at radius 3 is 2.36 bits per heavy atom. The Balaban J connectivity index is 2.22. The Kier molecular flexibility index (Phi) is 5.08. The minimum atomic E-state index is -3.59. The van der Waals surface area contributed by atoms with Crippen LogP contribution in [0.5, 0.6) is 5.75 Å². The van der Waals surface area contributed by atoms with Crippen molar-refractivity contribution in [1.82, 2.24) is 0 Å². The first-order chi connectivity index (χ1) is 10.4. The van der Waals surface area contributed by atoms with Gasteiger partial charge in [0.15, 0.2) is 0 Å². The zero-order chi connectivity index (χ0) is 16.2. The summed E-state index contributed by atoms with van der Waals surface area (Å²) >= 11 is 0. The van der Waals surface area contributed by atoms with Gasteiger partial charge in [-0.05, 0) is 54.8 Å². The predicted octanol–water partition coefficient (Wildman–Crippen LogP) is 4.01. The van der Waals surface area contributed by atoms with E-state index in [2.05, 4.69) is 18.6 Å². The molecule has 0 aliphatic heterocycles.